The van der Waals surface area contributed by atoms with Gasteiger partial charge in [0.15, 0.2) is 5.84 Å². The van der Waals surface area contributed by atoms with Gasteiger partial charge in [-0.3, -0.25) is 0 Å². The molecule has 1 fully saturated rings. The first-order chi connectivity index (χ1) is 8.22. The Morgan fingerprint density at radius 2 is 2.29 bits per heavy atom. The van der Waals surface area contributed by atoms with E-state index in [0.29, 0.717) is 22.9 Å². The highest BCUT2D eigenvalue weighted by Gasteiger charge is 2.21. The molecule has 4 nitrogen and oxygen atoms in total. The number of rotatable bonds is 5. The molecule has 0 bridgehead atoms. The van der Waals surface area contributed by atoms with E-state index in [0.717, 1.165) is 12.3 Å². The quantitative estimate of drug-likeness (QED) is 0.367. The lowest BCUT2D eigenvalue weighted by Gasteiger charge is -2.11. The number of halogens is 1. The average Bonchev–Trinajstić information content (AvgIpc) is 3.12. The Morgan fingerprint density at radius 3 is 2.94 bits per heavy atom. The second-order valence-electron chi connectivity index (χ2n) is 4.18. The zero-order chi connectivity index (χ0) is 12.3. The summed E-state index contributed by atoms with van der Waals surface area (Å²) in [6.07, 6.45) is 3.64. The molecular formula is C12H15ClN2O2. The summed E-state index contributed by atoms with van der Waals surface area (Å²) in [6, 6.07) is 5.23. The van der Waals surface area contributed by atoms with Crippen molar-refractivity contribution in [3.8, 4) is 5.75 Å². The van der Waals surface area contributed by atoms with Crippen molar-refractivity contribution in [1.82, 2.24) is 0 Å². The minimum atomic E-state index is -0.0305. The van der Waals surface area contributed by atoms with Gasteiger partial charge >= 0.3 is 0 Å². The van der Waals surface area contributed by atoms with Crippen LogP contribution >= 0.6 is 11.6 Å². The van der Waals surface area contributed by atoms with Gasteiger partial charge in [-0.05, 0) is 24.5 Å². The summed E-state index contributed by atoms with van der Waals surface area (Å²) in [5.41, 5.74) is 6.03. The molecule has 17 heavy (non-hydrogen) atoms. The summed E-state index contributed by atoms with van der Waals surface area (Å²) in [4.78, 5) is 0. The molecule has 0 atom stereocenters. The first kappa shape index (κ1) is 12.0. The summed E-state index contributed by atoms with van der Waals surface area (Å²) in [5, 5.41) is 12.1. The van der Waals surface area contributed by atoms with E-state index in [1.54, 1.807) is 18.2 Å². The smallest absolute Gasteiger partial charge is 0.175 e. The number of oxime groups is 1. The van der Waals surface area contributed by atoms with Crippen LogP contribution in [0.3, 0.4) is 0 Å². The lowest BCUT2D eigenvalue weighted by atomic mass is 10.2. The fraction of sp³-hybridized carbons (Fsp3) is 0.417. The highest BCUT2D eigenvalue weighted by molar-refractivity contribution is 6.34. The van der Waals surface area contributed by atoms with Crippen LogP contribution in [-0.4, -0.2) is 17.6 Å². The topological polar surface area (TPSA) is 67.8 Å². The third-order valence-corrected chi connectivity index (χ3v) is 3.13. The summed E-state index contributed by atoms with van der Waals surface area (Å²) in [7, 11) is 0. The van der Waals surface area contributed by atoms with Gasteiger partial charge < -0.3 is 15.7 Å². The Kier molecular flexibility index (Phi) is 3.74. The molecule has 3 N–H and O–H groups in total. The van der Waals surface area contributed by atoms with Gasteiger partial charge in [0, 0.05) is 0 Å². The zero-order valence-electron chi connectivity index (χ0n) is 9.40. The summed E-state index contributed by atoms with van der Waals surface area (Å²) < 4.78 is 5.64. The maximum atomic E-state index is 8.71. The third-order valence-electron chi connectivity index (χ3n) is 2.82. The van der Waals surface area contributed by atoms with E-state index < -0.39 is 0 Å². The normalized spacial score (nSPS) is 15.9. The van der Waals surface area contributed by atoms with Gasteiger partial charge in [-0.1, -0.05) is 35.7 Å². The second-order valence-corrected chi connectivity index (χ2v) is 4.59. The van der Waals surface area contributed by atoms with Gasteiger partial charge in [0.25, 0.3) is 0 Å². The van der Waals surface area contributed by atoms with Crippen molar-refractivity contribution in [2.75, 3.05) is 6.61 Å². The Morgan fingerprint density at radius 1 is 1.53 bits per heavy atom. The third kappa shape index (κ3) is 3.03. The van der Waals surface area contributed by atoms with Crippen molar-refractivity contribution >= 4 is 17.4 Å². The van der Waals surface area contributed by atoms with Crippen LogP contribution in [0.5, 0.6) is 5.75 Å². The number of hydrogen-bond acceptors (Lipinski definition) is 3. The molecule has 0 radical (unpaired) electrons. The average molecular weight is 255 g/mol. The van der Waals surface area contributed by atoms with Gasteiger partial charge in [0.05, 0.1) is 17.2 Å². The largest absolute Gasteiger partial charge is 0.493 e. The molecule has 0 amide bonds. The van der Waals surface area contributed by atoms with E-state index in [4.69, 9.17) is 27.3 Å². The highest BCUT2D eigenvalue weighted by Crippen LogP contribution is 2.33. The predicted molar refractivity (Wildman–Crippen MR) is 66.8 cm³/mol. The Balaban J connectivity index is 2.10. The molecule has 1 aromatic rings. The molecule has 1 saturated carbocycles. The monoisotopic (exact) mass is 254 g/mol. The molecule has 1 aliphatic rings. The van der Waals surface area contributed by atoms with Crippen LogP contribution in [-0.2, 0) is 0 Å². The molecular weight excluding hydrogens is 240 g/mol. The molecule has 1 aromatic carbocycles. The molecule has 92 valence electrons. The first-order valence-electron chi connectivity index (χ1n) is 5.61. The van der Waals surface area contributed by atoms with Gasteiger partial charge in [-0.15, -0.1) is 0 Å². The lowest BCUT2D eigenvalue weighted by Crippen LogP contribution is -2.16. The van der Waals surface area contributed by atoms with Crippen molar-refractivity contribution in [3.63, 3.8) is 0 Å². The maximum Gasteiger partial charge on any atom is 0.175 e. The highest BCUT2D eigenvalue weighted by atomic mass is 35.5. The molecule has 0 saturated heterocycles. The number of benzene rings is 1. The predicted octanol–water partition coefficient (Wildman–Crippen LogP) is 2.61. The minimum Gasteiger partial charge on any atom is -0.493 e. The summed E-state index contributed by atoms with van der Waals surface area (Å²) >= 11 is 6.00. The second kappa shape index (κ2) is 5.27. The van der Waals surface area contributed by atoms with Gasteiger partial charge in [-0.25, -0.2) is 0 Å². The summed E-state index contributed by atoms with van der Waals surface area (Å²) in [6.45, 7) is 0.636. The van der Waals surface area contributed by atoms with E-state index in [-0.39, 0.29) is 5.84 Å². The van der Waals surface area contributed by atoms with Crippen molar-refractivity contribution in [2.45, 2.75) is 19.3 Å². The van der Waals surface area contributed by atoms with Crippen molar-refractivity contribution < 1.29 is 9.94 Å². The molecule has 1 aliphatic carbocycles. The standard InChI is InChI=1S/C12H15ClN2O2/c13-9-2-1-3-10(11(9)12(14)15-16)17-7-6-8-4-5-8/h1-3,8,16H,4-7H2,(H2,14,15). The molecule has 5 heteroatoms. The zero-order valence-corrected chi connectivity index (χ0v) is 10.2. The number of hydrogen-bond donors (Lipinski definition) is 2. The fourth-order valence-corrected chi connectivity index (χ4v) is 1.93. The maximum absolute atomic E-state index is 8.71. The molecule has 0 aromatic heterocycles. The Hall–Kier alpha value is -1.42. The molecule has 2 rings (SSSR count). The lowest BCUT2D eigenvalue weighted by molar-refractivity contribution is 0.300. The van der Waals surface area contributed by atoms with Gasteiger partial charge in [-0.2, -0.15) is 0 Å². The van der Waals surface area contributed by atoms with Gasteiger partial charge in [0.2, 0.25) is 0 Å². The van der Waals surface area contributed by atoms with Crippen LogP contribution in [0.2, 0.25) is 5.02 Å². The number of nitrogens with zero attached hydrogens (tertiary/aromatic N) is 1. The molecule has 0 aliphatic heterocycles. The Bertz CT molecular complexity index is 431. The van der Waals surface area contributed by atoms with Gasteiger partial charge in [0.1, 0.15) is 5.75 Å². The molecule has 0 heterocycles. The van der Waals surface area contributed by atoms with Crippen molar-refractivity contribution in [3.05, 3.63) is 28.8 Å². The number of ether oxygens (including phenoxy) is 1. The SMILES string of the molecule is N/C(=N/O)c1c(Cl)cccc1OCCC1CC1. The summed E-state index contributed by atoms with van der Waals surface area (Å²) in [5.74, 6) is 1.34. The van der Waals surface area contributed by atoms with Crippen LogP contribution in [0.25, 0.3) is 0 Å². The molecule has 0 unspecified atom stereocenters. The van der Waals surface area contributed by atoms with Crippen molar-refractivity contribution in [1.29, 1.82) is 0 Å². The minimum absolute atomic E-state index is 0.0305. The Labute approximate surface area is 105 Å². The number of amidine groups is 1. The van der Waals surface area contributed by atoms with Crippen LogP contribution in [0.15, 0.2) is 23.4 Å². The van der Waals surface area contributed by atoms with E-state index in [2.05, 4.69) is 5.16 Å². The van der Waals surface area contributed by atoms with Crippen LogP contribution in [0.4, 0.5) is 0 Å². The van der Waals surface area contributed by atoms with E-state index in [1.165, 1.54) is 12.8 Å². The fourth-order valence-electron chi connectivity index (χ4n) is 1.67. The van der Waals surface area contributed by atoms with Crippen molar-refractivity contribution in [2.24, 2.45) is 16.8 Å². The van der Waals surface area contributed by atoms with E-state index in [1.807, 2.05) is 0 Å². The van der Waals surface area contributed by atoms with Crippen LogP contribution < -0.4 is 10.5 Å². The molecule has 0 spiro atoms. The van der Waals surface area contributed by atoms with E-state index in [9.17, 15) is 0 Å². The van der Waals surface area contributed by atoms with Crippen LogP contribution in [0, 0.1) is 5.92 Å². The van der Waals surface area contributed by atoms with Crippen LogP contribution in [0.1, 0.15) is 24.8 Å². The first-order valence-corrected chi connectivity index (χ1v) is 5.99. The van der Waals surface area contributed by atoms with E-state index >= 15 is 0 Å². The number of nitrogens with two attached hydrogens (primary N) is 1.